The van der Waals surface area contributed by atoms with E-state index in [1.165, 1.54) is 11.1 Å². The van der Waals surface area contributed by atoms with Crippen LogP contribution in [0.5, 0.6) is 0 Å². The fourth-order valence-electron chi connectivity index (χ4n) is 3.35. The third-order valence-corrected chi connectivity index (χ3v) is 4.62. The Labute approximate surface area is 130 Å². The summed E-state index contributed by atoms with van der Waals surface area (Å²) in [7, 11) is 0. The number of aliphatic hydroxyl groups excluding tert-OH is 1. The summed E-state index contributed by atoms with van der Waals surface area (Å²) in [4.78, 5) is 6.99. The van der Waals surface area contributed by atoms with E-state index < -0.39 is 0 Å². The van der Waals surface area contributed by atoms with Gasteiger partial charge in [-0.1, -0.05) is 13.0 Å². The molecular weight excluding hydrogens is 274 g/mol. The maximum absolute atomic E-state index is 9.86. The van der Waals surface area contributed by atoms with Crippen LogP contribution >= 0.6 is 0 Å². The van der Waals surface area contributed by atoms with E-state index >= 15 is 0 Å². The Balaban J connectivity index is 1.79. The van der Waals surface area contributed by atoms with Crippen molar-refractivity contribution in [2.45, 2.75) is 32.3 Å². The van der Waals surface area contributed by atoms with Gasteiger partial charge in [0, 0.05) is 31.0 Å². The minimum Gasteiger partial charge on any atom is -0.391 e. The average molecular weight is 295 g/mol. The van der Waals surface area contributed by atoms with Gasteiger partial charge in [-0.05, 0) is 43.0 Å². The van der Waals surface area contributed by atoms with Gasteiger partial charge in [-0.2, -0.15) is 0 Å². The second kappa shape index (κ2) is 5.29. The molecule has 1 aromatic carbocycles. The molecular formula is C18H21N3O. The highest BCUT2D eigenvalue weighted by Crippen LogP contribution is 2.24. The second-order valence-electron chi connectivity index (χ2n) is 6.14. The van der Waals surface area contributed by atoms with E-state index in [-0.39, 0.29) is 6.10 Å². The van der Waals surface area contributed by atoms with E-state index in [1.807, 2.05) is 0 Å². The summed E-state index contributed by atoms with van der Waals surface area (Å²) in [6, 6.07) is 10.7. The molecule has 0 saturated carbocycles. The number of rotatable bonds is 2. The number of β-amino-alcohol motifs (C(OH)–C–C–N with tert-alkyl or cyclic N) is 1. The third kappa shape index (κ3) is 2.24. The van der Waals surface area contributed by atoms with Gasteiger partial charge in [-0.3, -0.25) is 4.40 Å². The van der Waals surface area contributed by atoms with Gasteiger partial charge in [0.05, 0.1) is 17.1 Å². The first-order valence-corrected chi connectivity index (χ1v) is 8.08. The van der Waals surface area contributed by atoms with E-state index in [1.54, 1.807) is 0 Å². The van der Waals surface area contributed by atoms with Crippen molar-refractivity contribution in [3.63, 3.8) is 0 Å². The number of aryl methyl sites for hydroxylation is 1. The lowest BCUT2D eigenvalue weighted by molar-refractivity contribution is 0.154. The molecule has 114 valence electrons. The van der Waals surface area contributed by atoms with Gasteiger partial charge in [0.25, 0.3) is 0 Å². The fraction of sp³-hybridized carbons (Fsp3) is 0.389. The predicted molar refractivity (Wildman–Crippen MR) is 89.5 cm³/mol. The van der Waals surface area contributed by atoms with Crippen LogP contribution in [0.4, 0.5) is 5.69 Å². The van der Waals surface area contributed by atoms with Crippen molar-refractivity contribution in [3.8, 4) is 0 Å². The van der Waals surface area contributed by atoms with E-state index in [2.05, 4.69) is 52.8 Å². The molecule has 1 fully saturated rings. The summed E-state index contributed by atoms with van der Waals surface area (Å²) in [5, 5.41) is 9.86. The Morgan fingerprint density at radius 1 is 1.27 bits per heavy atom. The van der Waals surface area contributed by atoms with Crippen LogP contribution < -0.4 is 4.90 Å². The van der Waals surface area contributed by atoms with E-state index in [0.717, 1.165) is 49.2 Å². The number of aromatic nitrogens is 2. The highest BCUT2D eigenvalue weighted by molar-refractivity contribution is 5.82. The molecule has 3 aromatic rings. The molecule has 1 aliphatic heterocycles. The van der Waals surface area contributed by atoms with Crippen LogP contribution in [0.25, 0.3) is 16.7 Å². The van der Waals surface area contributed by atoms with Crippen molar-refractivity contribution in [1.82, 2.24) is 9.38 Å². The van der Waals surface area contributed by atoms with Crippen LogP contribution in [0.3, 0.4) is 0 Å². The van der Waals surface area contributed by atoms with Crippen molar-refractivity contribution < 1.29 is 5.11 Å². The zero-order valence-electron chi connectivity index (χ0n) is 12.9. The van der Waals surface area contributed by atoms with Gasteiger partial charge in [0.15, 0.2) is 0 Å². The van der Waals surface area contributed by atoms with Gasteiger partial charge in [0.2, 0.25) is 0 Å². The molecule has 0 spiro atoms. The lowest BCUT2D eigenvalue weighted by Gasteiger charge is -2.31. The Kier molecular flexibility index (Phi) is 3.26. The molecule has 4 nitrogen and oxygen atoms in total. The van der Waals surface area contributed by atoms with Crippen molar-refractivity contribution in [1.29, 1.82) is 0 Å². The van der Waals surface area contributed by atoms with Crippen molar-refractivity contribution >= 4 is 22.4 Å². The normalized spacial score (nSPS) is 19.2. The third-order valence-electron chi connectivity index (χ3n) is 4.62. The first-order chi connectivity index (χ1) is 10.7. The summed E-state index contributed by atoms with van der Waals surface area (Å²) < 4.78 is 2.15. The molecule has 3 heterocycles. The first kappa shape index (κ1) is 13.6. The lowest BCUT2D eigenvalue weighted by Crippen LogP contribution is -2.38. The number of nitrogens with zero attached hydrogens (tertiary/aromatic N) is 3. The molecule has 22 heavy (non-hydrogen) atoms. The van der Waals surface area contributed by atoms with Crippen molar-refractivity contribution in [3.05, 3.63) is 42.1 Å². The quantitative estimate of drug-likeness (QED) is 0.790. The van der Waals surface area contributed by atoms with Crippen LogP contribution in [-0.2, 0) is 6.42 Å². The fourth-order valence-corrected chi connectivity index (χ4v) is 3.35. The number of piperidine rings is 1. The molecule has 1 N–H and O–H groups in total. The van der Waals surface area contributed by atoms with E-state index in [4.69, 9.17) is 4.98 Å². The number of benzene rings is 1. The standard InChI is InChI=1S/C18H21N3O/c1-2-13-5-6-16-17(10-13)21-9-7-14(11-18(21)19-16)20-8-3-4-15(22)12-20/h5-7,9-11,15,22H,2-4,8,12H2,1H3. The Morgan fingerprint density at radius 3 is 3.00 bits per heavy atom. The lowest BCUT2D eigenvalue weighted by atomic mass is 10.1. The van der Waals surface area contributed by atoms with Crippen LogP contribution in [0.15, 0.2) is 36.5 Å². The zero-order chi connectivity index (χ0) is 15.1. The largest absolute Gasteiger partial charge is 0.391 e. The van der Waals surface area contributed by atoms with Gasteiger partial charge in [-0.15, -0.1) is 0 Å². The Bertz CT molecular complexity index is 824. The van der Waals surface area contributed by atoms with Crippen LogP contribution in [0.1, 0.15) is 25.3 Å². The predicted octanol–water partition coefficient (Wildman–Crippen LogP) is 3.01. The van der Waals surface area contributed by atoms with Gasteiger partial charge < -0.3 is 10.0 Å². The summed E-state index contributed by atoms with van der Waals surface area (Å²) in [5.74, 6) is 0. The number of hydrogen-bond acceptors (Lipinski definition) is 3. The number of anilines is 1. The van der Waals surface area contributed by atoms with Crippen LogP contribution in [-0.4, -0.2) is 33.7 Å². The maximum Gasteiger partial charge on any atom is 0.139 e. The second-order valence-corrected chi connectivity index (χ2v) is 6.14. The molecule has 1 atom stereocenters. The number of aliphatic hydroxyl groups is 1. The average Bonchev–Trinajstić information content (AvgIpc) is 2.91. The molecule has 1 unspecified atom stereocenters. The monoisotopic (exact) mass is 295 g/mol. The molecule has 1 saturated heterocycles. The van der Waals surface area contributed by atoms with Crippen LogP contribution in [0.2, 0.25) is 0 Å². The van der Waals surface area contributed by atoms with Gasteiger partial charge in [0.1, 0.15) is 5.65 Å². The molecule has 1 aliphatic rings. The first-order valence-electron chi connectivity index (χ1n) is 8.08. The van der Waals surface area contributed by atoms with E-state index in [9.17, 15) is 5.11 Å². The van der Waals surface area contributed by atoms with E-state index in [0.29, 0.717) is 0 Å². The molecule has 4 heteroatoms. The zero-order valence-corrected chi connectivity index (χ0v) is 12.9. The molecule has 0 aliphatic carbocycles. The van der Waals surface area contributed by atoms with Gasteiger partial charge in [-0.25, -0.2) is 4.98 Å². The summed E-state index contributed by atoms with van der Waals surface area (Å²) in [5.41, 5.74) is 5.66. The number of pyridine rings is 1. The Hall–Kier alpha value is -2.07. The van der Waals surface area contributed by atoms with Gasteiger partial charge >= 0.3 is 0 Å². The number of fused-ring (bicyclic) bond motifs is 3. The molecule has 0 bridgehead atoms. The molecule has 0 radical (unpaired) electrons. The maximum atomic E-state index is 9.86. The highest BCUT2D eigenvalue weighted by atomic mass is 16.3. The summed E-state index contributed by atoms with van der Waals surface area (Å²) in [6.07, 6.45) is 4.87. The molecule has 0 amide bonds. The minimum absolute atomic E-state index is 0.212. The highest BCUT2D eigenvalue weighted by Gasteiger charge is 2.18. The van der Waals surface area contributed by atoms with Crippen molar-refractivity contribution in [2.24, 2.45) is 0 Å². The molecule has 2 aromatic heterocycles. The summed E-state index contributed by atoms with van der Waals surface area (Å²) in [6.45, 7) is 3.90. The van der Waals surface area contributed by atoms with Crippen LogP contribution in [0, 0.1) is 0 Å². The Morgan fingerprint density at radius 2 is 2.18 bits per heavy atom. The minimum atomic E-state index is -0.212. The SMILES string of the molecule is CCc1ccc2nc3cc(N4CCCC(O)C4)ccn3c2c1. The van der Waals surface area contributed by atoms with Crippen molar-refractivity contribution in [2.75, 3.05) is 18.0 Å². The molecule has 4 rings (SSSR count). The smallest absolute Gasteiger partial charge is 0.139 e. The topological polar surface area (TPSA) is 40.8 Å². The number of hydrogen-bond donors (Lipinski definition) is 1. The summed E-state index contributed by atoms with van der Waals surface area (Å²) >= 11 is 0. The number of imidazole rings is 1.